The van der Waals surface area contributed by atoms with E-state index in [9.17, 15) is 13.8 Å². The molecule has 20 heavy (non-hydrogen) atoms. The second-order valence-corrected chi connectivity index (χ2v) is 6.03. The average molecular weight is 297 g/mol. The summed E-state index contributed by atoms with van der Waals surface area (Å²) in [6, 6.07) is 2.57. The van der Waals surface area contributed by atoms with Gasteiger partial charge in [-0.1, -0.05) is 0 Å². The highest BCUT2D eigenvalue weighted by Crippen LogP contribution is 2.03. The minimum absolute atomic E-state index is 0.137. The van der Waals surface area contributed by atoms with E-state index in [1.165, 1.54) is 18.3 Å². The molecule has 8 heteroatoms. The number of carboxylic acids is 1. The van der Waals surface area contributed by atoms with Gasteiger partial charge in [-0.2, -0.15) is 0 Å². The number of aromatic carboxylic acids is 1. The lowest BCUT2D eigenvalue weighted by atomic mass is 10.2. The quantitative estimate of drug-likeness (QED) is 0.821. The second kappa shape index (κ2) is 6.47. The lowest BCUT2D eigenvalue weighted by Gasteiger charge is -2.26. The number of hydrogen-bond donors (Lipinski definition) is 2. The third kappa shape index (κ3) is 3.77. The van der Waals surface area contributed by atoms with Crippen molar-refractivity contribution in [3.8, 4) is 0 Å². The van der Waals surface area contributed by atoms with E-state index in [2.05, 4.69) is 10.3 Å². The van der Waals surface area contributed by atoms with Crippen LogP contribution >= 0.6 is 0 Å². The molecule has 0 spiro atoms. The van der Waals surface area contributed by atoms with Gasteiger partial charge in [0.05, 0.1) is 17.8 Å². The first kappa shape index (κ1) is 14.4. The van der Waals surface area contributed by atoms with Crippen LogP contribution in [0.1, 0.15) is 16.1 Å². The van der Waals surface area contributed by atoms with Crippen LogP contribution in [-0.2, 0) is 17.3 Å². The lowest BCUT2D eigenvalue weighted by Crippen LogP contribution is -2.46. The number of carboxylic acid groups (broad SMARTS) is 1. The van der Waals surface area contributed by atoms with Crippen molar-refractivity contribution in [1.29, 1.82) is 0 Å². The number of hydrogen-bond acceptors (Lipinski definition) is 4. The topological polar surface area (TPSA) is 99.6 Å². The summed E-state index contributed by atoms with van der Waals surface area (Å²) in [4.78, 5) is 28.3. The SMILES string of the molecule is O=C(O)c1ccnc(CNC(=O)N2CCS(=O)CC2)c1. The van der Waals surface area contributed by atoms with Crippen molar-refractivity contribution in [3.05, 3.63) is 29.6 Å². The van der Waals surface area contributed by atoms with Gasteiger partial charge in [0.2, 0.25) is 0 Å². The highest BCUT2D eigenvalue weighted by atomic mass is 32.2. The van der Waals surface area contributed by atoms with Crippen molar-refractivity contribution in [3.63, 3.8) is 0 Å². The Kier molecular flexibility index (Phi) is 4.67. The van der Waals surface area contributed by atoms with Crippen LogP contribution in [-0.4, -0.2) is 55.8 Å². The smallest absolute Gasteiger partial charge is 0.335 e. The summed E-state index contributed by atoms with van der Waals surface area (Å²) >= 11 is 0. The minimum Gasteiger partial charge on any atom is -0.478 e. The molecule has 1 aromatic heterocycles. The summed E-state index contributed by atoms with van der Waals surface area (Å²) in [5.74, 6) is -0.0288. The van der Waals surface area contributed by atoms with Crippen molar-refractivity contribution in [2.75, 3.05) is 24.6 Å². The van der Waals surface area contributed by atoms with Crippen LogP contribution in [0.3, 0.4) is 0 Å². The largest absolute Gasteiger partial charge is 0.478 e. The highest BCUT2D eigenvalue weighted by molar-refractivity contribution is 7.85. The molecular formula is C12H15N3O4S. The molecule has 108 valence electrons. The van der Waals surface area contributed by atoms with Crippen LogP contribution in [0.4, 0.5) is 4.79 Å². The fraction of sp³-hybridized carbons (Fsp3) is 0.417. The van der Waals surface area contributed by atoms with Gasteiger partial charge in [0.25, 0.3) is 0 Å². The van der Waals surface area contributed by atoms with Crippen LogP contribution < -0.4 is 5.32 Å². The molecule has 0 atom stereocenters. The molecule has 0 saturated carbocycles. The number of nitrogens with one attached hydrogen (secondary N) is 1. The molecule has 1 fully saturated rings. The molecule has 0 radical (unpaired) electrons. The Labute approximate surface area is 118 Å². The van der Waals surface area contributed by atoms with E-state index in [1.54, 1.807) is 4.90 Å². The first-order chi connectivity index (χ1) is 9.56. The summed E-state index contributed by atoms with van der Waals surface area (Å²) in [5.41, 5.74) is 0.622. The van der Waals surface area contributed by atoms with Gasteiger partial charge in [-0.05, 0) is 12.1 Å². The maximum atomic E-state index is 11.9. The monoisotopic (exact) mass is 297 g/mol. The fourth-order valence-corrected chi connectivity index (χ4v) is 2.88. The van der Waals surface area contributed by atoms with E-state index in [1.807, 2.05) is 0 Å². The van der Waals surface area contributed by atoms with Crippen LogP contribution in [0.25, 0.3) is 0 Å². The van der Waals surface area contributed by atoms with Crippen molar-refractivity contribution in [2.45, 2.75) is 6.54 Å². The first-order valence-electron chi connectivity index (χ1n) is 6.12. The van der Waals surface area contributed by atoms with Gasteiger partial charge >= 0.3 is 12.0 Å². The number of amides is 2. The second-order valence-electron chi connectivity index (χ2n) is 4.33. The zero-order valence-corrected chi connectivity index (χ0v) is 11.6. The third-order valence-electron chi connectivity index (χ3n) is 2.95. The molecule has 0 unspecified atom stereocenters. The number of carbonyl (C=O) groups is 2. The van der Waals surface area contributed by atoms with E-state index in [0.29, 0.717) is 30.3 Å². The number of pyridine rings is 1. The van der Waals surface area contributed by atoms with Crippen LogP contribution in [0, 0.1) is 0 Å². The van der Waals surface area contributed by atoms with Gasteiger partial charge in [-0.25, -0.2) is 9.59 Å². The van der Waals surface area contributed by atoms with Crippen molar-refractivity contribution in [1.82, 2.24) is 15.2 Å². The normalized spacial score (nSPS) is 15.9. The molecule has 1 saturated heterocycles. The van der Waals surface area contributed by atoms with Crippen LogP contribution in [0.5, 0.6) is 0 Å². The van der Waals surface area contributed by atoms with Gasteiger partial charge in [0, 0.05) is 41.6 Å². The highest BCUT2D eigenvalue weighted by Gasteiger charge is 2.19. The minimum atomic E-state index is -1.03. The zero-order valence-electron chi connectivity index (χ0n) is 10.7. The van der Waals surface area contributed by atoms with E-state index in [0.717, 1.165) is 0 Å². The summed E-state index contributed by atoms with van der Waals surface area (Å²) in [5, 5.41) is 11.5. The van der Waals surface area contributed by atoms with Crippen molar-refractivity contribution in [2.24, 2.45) is 0 Å². The molecule has 1 aromatic rings. The van der Waals surface area contributed by atoms with E-state index >= 15 is 0 Å². The summed E-state index contributed by atoms with van der Waals surface area (Å²) < 4.78 is 11.2. The summed E-state index contributed by atoms with van der Waals surface area (Å²) in [7, 11) is -0.825. The standard InChI is InChI=1S/C12H15N3O4S/c16-11(17)9-1-2-13-10(7-9)8-14-12(18)15-3-5-20(19)6-4-15/h1-2,7H,3-6,8H2,(H,14,18)(H,16,17). The first-order valence-corrected chi connectivity index (χ1v) is 7.61. The number of rotatable bonds is 3. The Hall–Kier alpha value is -1.96. The molecule has 0 aromatic carbocycles. The molecule has 0 bridgehead atoms. The van der Waals surface area contributed by atoms with Gasteiger partial charge < -0.3 is 15.3 Å². The maximum absolute atomic E-state index is 11.9. The zero-order chi connectivity index (χ0) is 14.5. The molecule has 2 N–H and O–H groups in total. The molecule has 2 heterocycles. The predicted octanol–water partition coefficient (Wildman–Crippen LogP) is 0.0537. The Morgan fingerprint density at radius 3 is 2.75 bits per heavy atom. The number of carbonyl (C=O) groups excluding carboxylic acids is 1. The number of nitrogens with zero attached hydrogens (tertiary/aromatic N) is 2. The molecule has 2 rings (SSSR count). The fourth-order valence-electron chi connectivity index (χ4n) is 1.83. The summed E-state index contributed by atoms with van der Waals surface area (Å²) in [6.07, 6.45) is 1.40. The van der Waals surface area contributed by atoms with Crippen molar-refractivity contribution < 1.29 is 18.9 Å². The van der Waals surface area contributed by atoms with E-state index in [4.69, 9.17) is 5.11 Å². The summed E-state index contributed by atoms with van der Waals surface area (Å²) in [6.45, 7) is 1.11. The predicted molar refractivity (Wildman–Crippen MR) is 72.9 cm³/mol. The Morgan fingerprint density at radius 2 is 2.10 bits per heavy atom. The molecule has 2 amide bonds. The van der Waals surface area contributed by atoms with Gasteiger partial charge in [-0.15, -0.1) is 0 Å². The molecule has 1 aliphatic heterocycles. The van der Waals surface area contributed by atoms with Crippen LogP contribution in [0.2, 0.25) is 0 Å². The number of aromatic nitrogens is 1. The molecule has 0 aliphatic carbocycles. The van der Waals surface area contributed by atoms with Gasteiger partial charge in [-0.3, -0.25) is 9.19 Å². The maximum Gasteiger partial charge on any atom is 0.335 e. The Bertz CT molecular complexity index is 539. The molecule has 7 nitrogen and oxygen atoms in total. The van der Waals surface area contributed by atoms with Gasteiger partial charge in [0.1, 0.15) is 0 Å². The molecule has 1 aliphatic rings. The van der Waals surface area contributed by atoms with Crippen molar-refractivity contribution >= 4 is 22.8 Å². The Morgan fingerprint density at radius 1 is 1.40 bits per heavy atom. The van der Waals surface area contributed by atoms with E-state index in [-0.39, 0.29) is 18.1 Å². The van der Waals surface area contributed by atoms with Crippen LogP contribution in [0.15, 0.2) is 18.3 Å². The average Bonchev–Trinajstić information content (AvgIpc) is 2.46. The number of urea groups is 1. The Balaban J connectivity index is 1.88. The van der Waals surface area contributed by atoms with E-state index < -0.39 is 16.8 Å². The third-order valence-corrected chi connectivity index (χ3v) is 4.23. The molecular weight excluding hydrogens is 282 g/mol. The lowest BCUT2D eigenvalue weighted by molar-refractivity contribution is 0.0696. The van der Waals surface area contributed by atoms with Gasteiger partial charge in [0.15, 0.2) is 0 Å².